The molecular formula is C15H25ClN4O. The van der Waals surface area contributed by atoms with E-state index >= 15 is 0 Å². The van der Waals surface area contributed by atoms with Crippen LogP contribution in [0.5, 0.6) is 0 Å². The molecule has 0 atom stereocenters. The van der Waals surface area contributed by atoms with Crippen molar-refractivity contribution in [2.45, 2.75) is 19.9 Å². The van der Waals surface area contributed by atoms with Crippen LogP contribution in [0, 0.1) is 0 Å². The highest BCUT2D eigenvalue weighted by Crippen LogP contribution is 2.19. The molecule has 0 fully saturated rings. The molecule has 0 saturated carbocycles. The summed E-state index contributed by atoms with van der Waals surface area (Å²) in [6.07, 6.45) is 1.07. The van der Waals surface area contributed by atoms with E-state index in [2.05, 4.69) is 26.3 Å². The standard InChI is InChI=1S/C15H24N4O.ClH/c1-3-20-12-11-19-14-8-5-4-7-13(14)18-15(19)17-10-6-9-16-2;/h4-5,7-8,16H,3,6,9-12H2,1-2H3,(H,17,18);1H. The average molecular weight is 313 g/mol. The molecule has 0 aliphatic rings. The number of benzene rings is 1. The minimum Gasteiger partial charge on any atom is -0.380 e. The monoisotopic (exact) mass is 312 g/mol. The van der Waals surface area contributed by atoms with E-state index in [4.69, 9.17) is 4.74 Å². The Kier molecular flexibility index (Phi) is 8.12. The number of ether oxygens (including phenoxy) is 1. The fraction of sp³-hybridized carbons (Fsp3) is 0.533. The van der Waals surface area contributed by atoms with Gasteiger partial charge in [-0.1, -0.05) is 12.1 Å². The van der Waals surface area contributed by atoms with Gasteiger partial charge in [0.25, 0.3) is 0 Å². The van der Waals surface area contributed by atoms with Gasteiger partial charge >= 0.3 is 0 Å². The summed E-state index contributed by atoms with van der Waals surface area (Å²) >= 11 is 0. The Morgan fingerprint density at radius 2 is 2.05 bits per heavy atom. The first kappa shape index (κ1) is 17.8. The number of aromatic nitrogens is 2. The van der Waals surface area contributed by atoms with Crippen molar-refractivity contribution in [1.82, 2.24) is 14.9 Å². The number of halogens is 1. The Morgan fingerprint density at radius 3 is 2.81 bits per heavy atom. The van der Waals surface area contributed by atoms with Crippen LogP contribution in [0.15, 0.2) is 24.3 Å². The molecule has 0 spiro atoms. The SMILES string of the molecule is CCOCCn1c(NCCCNC)nc2ccccc21.Cl. The van der Waals surface area contributed by atoms with Gasteiger partial charge in [0.05, 0.1) is 17.6 Å². The van der Waals surface area contributed by atoms with Gasteiger partial charge in [-0.15, -0.1) is 12.4 Å². The van der Waals surface area contributed by atoms with Gasteiger partial charge in [0.1, 0.15) is 0 Å². The third kappa shape index (κ3) is 4.88. The molecule has 0 unspecified atom stereocenters. The normalized spacial score (nSPS) is 10.6. The maximum Gasteiger partial charge on any atom is 0.203 e. The van der Waals surface area contributed by atoms with Gasteiger partial charge in [0.2, 0.25) is 5.95 Å². The van der Waals surface area contributed by atoms with Gasteiger partial charge in [-0.3, -0.25) is 0 Å². The zero-order valence-electron chi connectivity index (χ0n) is 12.8. The quantitative estimate of drug-likeness (QED) is 0.699. The Labute approximate surface area is 132 Å². The van der Waals surface area contributed by atoms with E-state index < -0.39 is 0 Å². The molecule has 1 heterocycles. The maximum absolute atomic E-state index is 5.47. The predicted octanol–water partition coefficient (Wildman–Crippen LogP) is 2.52. The highest BCUT2D eigenvalue weighted by molar-refractivity contribution is 5.85. The second kappa shape index (κ2) is 9.60. The number of rotatable bonds is 9. The third-order valence-electron chi connectivity index (χ3n) is 3.20. The predicted molar refractivity (Wildman–Crippen MR) is 90.5 cm³/mol. The van der Waals surface area contributed by atoms with Gasteiger partial charge in [0.15, 0.2) is 0 Å². The largest absolute Gasteiger partial charge is 0.380 e. The summed E-state index contributed by atoms with van der Waals surface area (Å²) in [6.45, 7) is 6.22. The Balaban J connectivity index is 0.00000220. The summed E-state index contributed by atoms with van der Waals surface area (Å²) in [6, 6.07) is 8.22. The maximum atomic E-state index is 5.47. The molecule has 1 aromatic heterocycles. The number of nitrogens with one attached hydrogen (secondary N) is 2. The van der Waals surface area contributed by atoms with E-state index in [-0.39, 0.29) is 12.4 Å². The number of para-hydroxylation sites is 2. The Morgan fingerprint density at radius 1 is 1.24 bits per heavy atom. The second-order valence-electron chi connectivity index (χ2n) is 4.66. The first-order valence-corrected chi connectivity index (χ1v) is 7.28. The van der Waals surface area contributed by atoms with E-state index in [9.17, 15) is 0 Å². The molecule has 2 aromatic rings. The van der Waals surface area contributed by atoms with Gasteiger partial charge in [-0.05, 0) is 39.1 Å². The fourth-order valence-corrected chi connectivity index (χ4v) is 2.20. The number of anilines is 1. The lowest BCUT2D eigenvalue weighted by Gasteiger charge is -2.10. The summed E-state index contributed by atoms with van der Waals surface area (Å²) < 4.78 is 7.67. The summed E-state index contributed by atoms with van der Waals surface area (Å²) in [5.41, 5.74) is 2.18. The number of hydrogen-bond acceptors (Lipinski definition) is 4. The minimum absolute atomic E-state index is 0. The molecular weight excluding hydrogens is 288 g/mol. The molecule has 2 rings (SSSR count). The van der Waals surface area contributed by atoms with Crippen LogP contribution in [0.25, 0.3) is 11.0 Å². The highest BCUT2D eigenvalue weighted by atomic mass is 35.5. The van der Waals surface area contributed by atoms with Crippen molar-refractivity contribution in [3.63, 3.8) is 0 Å². The molecule has 0 radical (unpaired) electrons. The van der Waals surface area contributed by atoms with Crippen molar-refractivity contribution >= 4 is 29.4 Å². The van der Waals surface area contributed by atoms with Crippen molar-refractivity contribution in [3.8, 4) is 0 Å². The van der Waals surface area contributed by atoms with Crippen LogP contribution in [0.4, 0.5) is 5.95 Å². The van der Waals surface area contributed by atoms with E-state index in [1.807, 2.05) is 32.2 Å². The lowest BCUT2D eigenvalue weighted by atomic mass is 10.3. The van der Waals surface area contributed by atoms with Crippen LogP contribution in [0.1, 0.15) is 13.3 Å². The molecule has 0 bridgehead atoms. The topological polar surface area (TPSA) is 51.1 Å². The number of nitrogens with zero attached hydrogens (tertiary/aromatic N) is 2. The van der Waals surface area contributed by atoms with Gasteiger partial charge in [-0.25, -0.2) is 4.98 Å². The highest BCUT2D eigenvalue weighted by Gasteiger charge is 2.09. The van der Waals surface area contributed by atoms with E-state index in [0.717, 1.165) is 49.6 Å². The lowest BCUT2D eigenvalue weighted by molar-refractivity contribution is 0.140. The summed E-state index contributed by atoms with van der Waals surface area (Å²) in [5, 5.41) is 6.57. The van der Waals surface area contributed by atoms with Gasteiger partial charge < -0.3 is 19.9 Å². The Bertz CT molecular complexity index is 529. The van der Waals surface area contributed by atoms with Crippen molar-refractivity contribution in [2.24, 2.45) is 0 Å². The summed E-state index contributed by atoms with van der Waals surface area (Å²) in [7, 11) is 1.97. The van der Waals surface area contributed by atoms with Crippen molar-refractivity contribution in [3.05, 3.63) is 24.3 Å². The van der Waals surface area contributed by atoms with Crippen molar-refractivity contribution in [1.29, 1.82) is 0 Å². The molecule has 1 aromatic carbocycles. The van der Waals surface area contributed by atoms with E-state index in [1.54, 1.807) is 0 Å². The van der Waals surface area contributed by atoms with Gasteiger partial charge in [0, 0.05) is 19.7 Å². The minimum atomic E-state index is 0. The molecule has 2 N–H and O–H groups in total. The van der Waals surface area contributed by atoms with Crippen LogP contribution in [0.3, 0.4) is 0 Å². The van der Waals surface area contributed by atoms with Crippen molar-refractivity contribution in [2.75, 3.05) is 38.7 Å². The average Bonchev–Trinajstić information content (AvgIpc) is 2.82. The van der Waals surface area contributed by atoms with Crippen LogP contribution in [0.2, 0.25) is 0 Å². The molecule has 0 amide bonds. The molecule has 21 heavy (non-hydrogen) atoms. The molecule has 5 nitrogen and oxygen atoms in total. The second-order valence-corrected chi connectivity index (χ2v) is 4.66. The van der Waals surface area contributed by atoms with Gasteiger partial charge in [-0.2, -0.15) is 0 Å². The first-order chi connectivity index (χ1) is 9.86. The first-order valence-electron chi connectivity index (χ1n) is 7.28. The van der Waals surface area contributed by atoms with Crippen LogP contribution in [-0.4, -0.2) is 42.9 Å². The lowest BCUT2D eigenvalue weighted by Crippen LogP contribution is -2.16. The molecule has 0 aliphatic carbocycles. The van der Waals surface area contributed by atoms with E-state index in [0.29, 0.717) is 6.61 Å². The fourth-order valence-electron chi connectivity index (χ4n) is 2.20. The Hall–Kier alpha value is -1.30. The molecule has 0 aliphatic heterocycles. The zero-order valence-corrected chi connectivity index (χ0v) is 13.6. The smallest absolute Gasteiger partial charge is 0.203 e. The van der Waals surface area contributed by atoms with E-state index in [1.165, 1.54) is 0 Å². The van der Waals surface area contributed by atoms with Crippen LogP contribution >= 0.6 is 12.4 Å². The summed E-state index contributed by atoms with van der Waals surface area (Å²) in [5.74, 6) is 0.932. The zero-order chi connectivity index (χ0) is 14.2. The van der Waals surface area contributed by atoms with Crippen LogP contribution < -0.4 is 10.6 Å². The third-order valence-corrected chi connectivity index (χ3v) is 3.20. The number of fused-ring (bicyclic) bond motifs is 1. The van der Waals surface area contributed by atoms with Crippen LogP contribution in [-0.2, 0) is 11.3 Å². The molecule has 0 saturated heterocycles. The number of imidazole rings is 1. The number of hydrogen-bond donors (Lipinski definition) is 2. The van der Waals surface area contributed by atoms with Crippen molar-refractivity contribution < 1.29 is 4.74 Å². The summed E-state index contributed by atoms with van der Waals surface area (Å²) in [4.78, 5) is 4.66. The molecule has 118 valence electrons. The molecule has 6 heteroatoms.